The van der Waals surface area contributed by atoms with E-state index in [1.807, 2.05) is 0 Å². The van der Waals surface area contributed by atoms with Crippen molar-refractivity contribution >= 4 is 5.71 Å². The van der Waals surface area contributed by atoms with Gasteiger partial charge in [-0.05, 0) is 19.4 Å². The number of hydrogen-bond acceptors (Lipinski definition) is 4. The molecule has 1 aromatic rings. The Labute approximate surface area is 118 Å². The van der Waals surface area contributed by atoms with Crippen molar-refractivity contribution in [1.82, 2.24) is 9.97 Å². The fourth-order valence-electron chi connectivity index (χ4n) is 1.38. The van der Waals surface area contributed by atoms with Gasteiger partial charge < -0.3 is 4.74 Å². The van der Waals surface area contributed by atoms with Crippen LogP contribution in [0.1, 0.15) is 18.3 Å². The Morgan fingerprint density at radius 1 is 1.29 bits per heavy atom. The molecule has 1 heterocycles. The van der Waals surface area contributed by atoms with E-state index in [0.717, 1.165) is 12.7 Å². The minimum Gasteiger partial charge on any atom is -0.480 e. The van der Waals surface area contributed by atoms with Crippen molar-refractivity contribution < 1.29 is 22.3 Å². The summed E-state index contributed by atoms with van der Waals surface area (Å²) in [6.45, 7) is 5.80. The molecule has 0 aliphatic heterocycles. The molecule has 21 heavy (non-hydrogen) atoms. The molecule has 114 valence electrons. The number of aliphatic imine (C=N–C) groups is 1. The highest BCUT2D eigenvalue weighted by atomic mass is 19.4. The van der Waals surface area contributed by atoms with Crippen molar-refractivity contribution in [3.8, 4) is 0 Å². The maximum atomic E-state index is 13.1. The highest BCUT2D eigenvalue weighted by Gasteiger charge is 2.40. The highest BCUT2D eigenvalue weighted by molar-refractivity contribution is 5.95. The van der Waals surface area contributed by atoms with Crippen LogP contribution in [0.5, 0.6) is 0 Å². The van der Waals surface area contributed by atoms with E-state index in [2.05, 4.69) is 26.3 Å². The quantitative estimate of drug-likeness (QED) is 0.370. The summed E-state index contributed by atoms with van der Waals surface area (Å²) in [5.41, 5.74) is -0.839. The van der Waals surface area contributed by atoms with E-state index in [1.165, 1.54) is 19.3 Å². The molecule has 1 aromatic heterocycles. The van der Waals surface area contributed by atoms with Crippen molar-refractivity contribution in [2.75, 3.05) is 7.11 Å². The zero-order valence-electron chi connectivity index (χ0n) is 11.6. The number of alkyl halides is 3. The lowest BCUT2D eigenvalue weighted by Gasteiger charge is -2.12. The number of aromatic nitrogens is 2. The zero-order chi connectivity index (χ0) is 16.2. The third-order valence-corrected chi connectivity index (χ3v) is 2.34. The topological polar surface area (TPSA) is 47.4 Å². The number of halogens is 4. The van der Waals surface area contributed by atoms with Crippen molar-refractivity contribution in [2.24, 2.45) is 4.99 Å². The second kappa shape index (κ2) is 6.47. The smallest absolute Gasteiger partial charge is 0.424 e. The van der Waals surface area contributed by atoms with Gasteiger partial charge in [0.05, 0.1) is 12.8 Å². The second-order valence-corrected chi connectivity index (χ2v) is 4.07. The minimum atomic E-state index is -4.98. The van der Waals surface area contributed by atoms with Crippen molar-refractivity contribution in [3.05, 3.63) is 47.6 Å². The zero-order valence-corrected chi connectivity index (χ0v) is 11.6. The molecule has 0 amide bonds. The molecule has 0 atom stereocenters. The Morgan fingerprint density at radius 2 is 1.81 bits per heavy atom. The predicted octanol–water partition coefficient (Wildman–Crippen LogP) is 3.50. The molecular formula is C13H13F4N3O. The van der Waals surface area contributed by atoms with E-state index in [4.69, 9.17) is 0 Å². The van der Waals surface area contributed by atoms with E-state index in [9.17, 15) is 17.6 Å². The number of methoxy groups -OCH3 is 1. The fourth-order valence-corrected chi connectivity index (χ4v) is 1.38. The van der Waals surface area contributed by atoms with Gasteiger partial charge in [0, 0.05) is 12.4 Å². The van der Waals surface area contributed by atoms with E-state index in [-0.39, 0.29) is 11.5 Å². The van der Waals surface area contributed by atoms with Crippen LogP contribution < -0.4 is 0 Å². The van der Waals surface area contributed by atoms with Gasteiger partial charge in [-0.15, -0.1) is 0 Å². The first-order chi connectivity index (χ1) is 9.66. The van der Waals surface area contributed by atoms with Gasteiger partial charge in [-0.2, -0.15) is 13.2 Å². The van der Waals surface area contributed by atoms with Crippen LogP contribution in [0, 0.1) is 6.92 Å². The van der Waals surface area contributed by atoms with Gasteiger partial charge in [-0.1, -0.05) is 6.58 Å². The number of nitrogens with zero attached hydrogens (tertiary/aromatic N) is 3. The second-order valence-electron chi connectivity index (χ2n) is 4.07. The number of ether oxygens (including phenoxy) is 1. The van der Waals surface area contributed by atoms with Crippen LogP contribution in [0.4, 0.5) is 17.6 Å². The molecule has 0 saturated heterocycles. The normalized spacial score (nSPS) is 13.8. The third kappa shape index (κ3) is 4.37. The summed E-state index contributed by atoms with van der Waals surface area (Å²) in [6, 6.07) is 0. The summed E-state index contributed by atoms with van der Waals surface area (Å²) in [4.78, 5) is 11.4. The minimum absolute atomic E-state index is 0.0508. The van der Waals surface area contributed by atoms with Gasteiger partial charge >= 0.3 is 6.18 Å². The molecule has 1 rings (SSSR count). The first kappa shape index (κ1) is 16.8. The summed E-state index contributed by atoms with van der Waals surface area (Å²) in [5, 5.41) is 0. The number of rotatable bonds is 4. The van der Waals surface area contributed by atoms with Gasteiger partial charge in [0.25, 0.3) is 0 Å². The first-order valence-corrected chi connectivity index (χ1v) is 5.71. The highest BCUT2D eigenvalue weighted by Crippen LogP contribution is 2.34. The van der Waals surface area contributed by atoms with E-state index >= 15 is 0 Å². The summed E-state index contributed by atoms with van der Waals surface area (Å²) in [5.74, 6) is -2.50. The van der Waals surface area contributed by atoms with E-state index < -0.39 is 23.5 Å². The molecule has 0 unspecified atom stereocenters. The van der Waals surface area contributed by atoms with E-state index in [1.54, 1.807) is 6.92 Å². The van der Waals surface area contributed by atoms with Gasteiger partial charge in [0.2, 0.25) is 5.88 Å². The Balaban J connectivity index is 3.35. The Hall–Kier alpha value is -2.25. The molecule has 0 aliphatic carbocycles. The van der Waals surface area contributed by atoms with Crippen LogP contribution in [-0.4, -0.2) is 29.0 Å². The Kier molecular flexibility index (Phi) is 5.17. The Morgan fingerprint density at radius 3 is 2.19 bits per heavy atom. The standard InChI is InChI=1S/C13H13F4N3O/c1-7-5-18-11(19-6-7)9(3)20-12(21-4)10(8(2)14)13(15,16)17/h5-6H,2H2,1,3-4H3/b12-10-,20-9+. The summed E-state index contributed by atoms with van der Waals surface area (Å²) in [6.07, 6.45) is -2.01. The van der Waals surface area contributed by atoms with Crippen LogP contribution in [-0.2, 0) is 4.74 Å². The molecule has 0 aliphatic rings. The van der Waals surface area contributed by atoms with Gasteiger partial charge in [-0.25, -0.2) is 19.4 Å². The molecule has 0 N–H and O–H groups in total. The van der Waals surface area contributed by atoms with E-state index in [0.29, 0.717) is 0 Å². The number of hydrogen-bond donors (Lipinski definition) is 0. The maximum absolute atomic E-state index is 13.1. The summed E-state index contributed by atoms with van der Waals surface area (Å²) < 4.78 is 55.9. The van der Waals surface area contributed by atoms with Crippen molar-refractivity contribution in [2.45, 2.75) is 20.0 Å². The monoisotopic (exact) mass is 303 g/mol. The molecule has 0 bridgehead atoms. The lowest BCUT2D eigenvalue weighted by Crippen LogP contribution is -2.16. The van der Waals surface area contributed by atoms with Crippen LogP contribution in [0.15, 0.2) is 41.2 Å². The van der Waals surface area contributed by atoms with Crippen LogP contribution in [0.3, 0.4) is 0 Å². The first-order valence-electron chi connectivity index (χ1n) is 5.71. The number of allylic oxidation sites excluding steroid dienone is 2. The van der Waals surface area contributed by atoms with Crippen LogP contribution >= 0.6 is 0 Å². The molecule has 4 nitrogen and oxygen atoms in total. The summed E-state index contributed by atoms with van der Waals surface area (Å²) >= 11 is 0. The van der Waals surface area contributed by atoms with Crippen LogP contribution in [0.2, 0.25) is 0 Å². The lowest BCUT2D eigenvalue weighted by atomic mass is 10.2. The van der Waals surface area contributed by atoms with Gasteiger partial charge in [0.1, 0.15) is 5.83 Å². The van der Waals surface area contributed by atoms with Crippen molar-refractivity contribution in [1.29, 1.82) is 0 Å². The Bertz CT molecular complexity index is 588. The molecule has 0 fully saturated rings. The van der Waals surface area contributed by atoms with Gasteiger partial charge in [-0.3, -0.25) is 0 Å². The predicted molar refractivity (Wildman–Crippen MR) is 69.3 cm³/mol. The van der Waals surface area contributed by atoms with Gasteiger partial charge in [0.15, 0.2) is 11.4 Å². The molecule has 0 spiro atoms. The lowest BCUT2D eigenvalue weighted by molar-refractivity contribution is -0.0943. The SMILES string of the molecule is C=C(F)/C(=C(\N=C(/C)c1ncc(C)cn1)OC)C(F)(F)F. The molecule has 8 heteroatoms. The molecular weight excluding hydrogens is 290 g/mol. The molecule has 0 aromatic carbocycles. The fraction of sp³-hybridized carbons (Fsp3) is 0.308. The molecule has 0 radical (unpaired) electrons. The maximum Gasteiger partial charge on any atom is 0.424 e. The molecule has 0 saturated carbocycles. The number of aryl methyl sites for hydroxylation is 1. The average molecular weight is 303 g/mol. The third-order valence-electron chi connectivity index (χ3n) is 2.34. The van der Waals surface area contributed by atoms with Crippen molar-refractivity contribution in [3.63, 3.8) is 0 Å². The summed E-state index contributed by atoms with van der Waals surface area (Å²) in [7, 11) is 0.955. The average Bonchev–Trinajstić information content (AvgIpc) is 2.36. The van der Waals surface area contributed by atoms with Crippen LogP contribution in [0.25, 0.3) is 0 Å². The largest absolute Gasteiger partial charge is 0.480 e.